The molecule has 2 heterocycles. The molecule has 2 saturated heterocycles. The quantitative estimate of drug-likeness (QED) is 0.523. The van der Waals surface area contributed by atoms with Gasteiger partial charge in [0.15, 0.2) is 12.0 Å². The molecular weight excluding hydrogens is 358 g/mol. The molecule has 0 saturated carbocycles. The van der Waals surface area contributed by atoms with Crippen molar-refractivity contribution in [1.82, 2.24) is 5.32 Å². The summed E-state index contributed by atoms with van der Waals surface area (Å²) in [6.45, 7) is 4.28. The van der Waals surface area contributed by atoms with E-state index in [2.05, 4.69) is 10.1 Å². The predicted molar refractivity (Wildman–Crippen MR) is 82.1 cm³/mol. The fourth-order valence-electron chi connectivity index (χ4n) is 3.08. The number of hydrogen-bond donors (Lipinski definition) is 3. The number of methoxy groups -OCH3 is 1. The largest absolute Gasteiger partial charge is 0.465 e. The summed E-state index contributed by atoms with van der Waals surface area (Å²) in [4.78, 5) is 23.2. The first-order valence-electron chi connectivity index (χ1n) is 8.04. The van der Waals surface area contributed by atoms with Crippen molar-refractivity contribution in [2.45, 2.75) is 69.0 Å². The van der Waals surface area contributed by atoms with Crippen LogP contribution in [0.3, 0.4) is 0 Å². The number of ether oxygens (including phenoxy) is 4. The fourth-order valence-corrected chi connectivity index (χ4v) is 3.08. The number of aliphatic hydroxyl groups is 1. The van der Waals surface area contributed by atoms with E-state index in [0.29, 0.717) is 0 Å². The van der Waals surface area contributed by atoms with E-state index in [1.165, 1.54) is 0 Å². The van der Waals surface area contributed by atoms with Crippen LogP contribution in [0.25, 0.3) is 0 Å². The number of carbonyl (C=O) groups excluding carboxylic acids is 2. The summed E-state index contributed by atoms with van der Waals surface area (Å²) in [5, 5.41) is 12.9. The molecule has 4 N–H and O–H groups in total. The normalized spacial score (nSPS) is 40.7. The lowest BCUT2D eigenvalue weighted by Gasteiger charge is -2.46. The van der Waals surface area contributed by atoms with Crippen molar-refractivity contribution in [3.63, 3.8) is 0 Å². The average molecular weight is 382 g/mol. The van der Waals surface area contributed by atoms with Gasteiger partial charge in [0.2, 0.25) is 5.91 Å². The van der Waals surface area contributed by atoms with Crippen LogP contribution in [-0.4, -0.2) is 78.9 Å². The van der Waals surface area contributed by atoms with Crippen molar-refractivity contribution in [3.8, 4) is 0 Å². The van der Waals surface area contributed by atoms with E-state index in [4.69, 9.17) is 19.9 Å². The minimum Gasteiger partial charge on any atom is -0.465 e. The van der Waals surface area contributed by atoms with Gasteiger partial charge in [0.05, 0.1) is 25.8 Å². The maximum atomic E-state index is 14.9. The van der Waals surface area contributed by atoms with Crippen molar-refractivity contribution >= 4 is 11.9 Å². The van der Waals surface area contributed by atoms with Gasteiger partial charge in [-0.25, -0.2) is 9.18 Å². The molecule has 2 aliphatic rings. The molecular formula is C15H24F2N2O7. The Balaban J connectivity index is 2.33. The predicted octanol–water partition coefficient (Wildman–Crippen LogP) is -1.09. The molecule has 0 aromatic heterocycles. The van der Waals surface area contributed by atoms with E-state index in [9.17, 15) is 23.5 Å². The Labute approximate surface area is 149 Å². The number of hydrogen-bond acceptors (Lipinski definition) is 8. The second-order valence-electron chi connectivity index (χ2n) is 6.78. The molecule has 7 atom stereocenters. The van der Waals surface area contributed by atoms with E-state index in [0.717, 1.165) is 14.0 Å². The Kier molecular flexibility index (Phi) is 5.88. The minimum absolute atomic E-state index is 0.0629. The van der Waals surface area contributed by atoms with Crippen LogP contribution in [0.15, 0.2) is 0 Å². The molecule has 9 nitrogen and oxygen atoms in total. The zero-order valence-corrected chi connectivity index (χ0v) is 14.9. The highest BCUT2D eigenvalue weighted by Gasteiger charge is 2.63. The standard InChI is InChI=1S/C15H24F2N2O7/c1-6(20)19-9-8(18)12(16)15(17,13(22)23-4)26-11(9)10(21)7-5-24-14(2,3)25-7/h7-12,21H,5,18H2,1-4H3,(H,19,20)/t7-,8-,9-,10-,11-,12-,15-/m1/s1. The Bertz CT molecular complexity index is 564. The lowest BCUT2D eigenvalue weighted by Crippen LogP contribution is -2.73. The monoisotopic (exact) mass is 382 g/mol. The summed E-state index contributed by atoms with van der Waals surface area (Å²) in [6.07, 6.45) is -6.77. The number of rotatable bonds is 4. The number of esters is 1. The first kappa shape index (κ1) is 20.9. The van der Waals surface area contributed by atoms with Gasteiger partial charge in [-0.05, 0) is 13.8 Å². The van der Waals surface area contributed by atoms with Gasteiger partial charge in [-0.3, -0.25) is 4.79 Å². The first-order valence-corrected chi connectivity index (χ1v) is 8.04. The zero-order valence-electron chi connectivity index (χ0n) is 14.9. The number of nitrogens with one attached hydrogen (secondary N) is 1. The Morgan fingerprint density at radius 1 is 1.38 bits per heavy atom. The fraction of sp³-hybridized carbons (Fsp3) is 0.867. The minimum atomic E-state index is -3.54. The van der Waals surface area contributed by atoms with Gasteiger partial charge in [-0.1, -0.05) is 0 Å². The van der Waals surface area contributed by atoms with Crippen LogP contribution in [0.1, 0.15) is 20.8 Å². The highest BCUT2D eigenvalue weighted by Crippen LogP contribution is 2.37. The second kappa shape index (κ2) is 7.31. The summed E-state index contributed by atoms with van der Waals surface area (Å²) in [6, 6.07) is -3.01. The van der Waals surface area contributed by atoms with Crippen LogP contribution in [0, 0.1) is 0 Å². The van der Waals surface area contributed by atoms with Crippen LogP contribution in [0.5, 0.6) is 0 Å². The van der Waals surface area contributed by atoms with Crippen molar-refractivity contribution in [3.05, 3.63) is 0 Å². The van der Waals surface area contributed by atoms with Crippen molar-refractivity contribution in [2.75, 3.05) is 13.7 Å². The van der Waals surface area contributed by atoms with Crippen molar-refractivity contribution < 1.29 is 42.4 Å². The molecule has 0 spiro atoms. The maximum Gasteiger partial charge on any atom is 0.375 e. The van der Waals surface area contributed by atoms with Crippen LogP contribution < -0.4 is 11.1 Å². The third-order valence-corrected chi connectivity index (χ3v) is 4.35. The average Bonchev–Trinajstić information content (AvgIpc) is 2.93. The molecule has 2 rings (SSSR count). The molecule has 0 aromatic rings. The smallest absolute Gasteiger partial charge is 0.375 e. The Morgan fingerprint density at radius 3 is 2.46 bits per heavy atom. The molecule has 26 heavy (non-hydrogen) atoms. The first-order chi connectivity index (χ1) is 11.9. The van der Waals surface area contributed by atoms with Crippen LogP contribution in [-0.2, 0) is 28.5 Å². The third kappa shape index (κ3) is 3.81. The van der Waals surface area contributed by atoms with E-state index in [1.807, 2.05) is 0 Å². The molecule has 11 heteroatoms. The van der Waals surface area contributed by atoms with Crippen LogP contribution >= 0.6 is 0 Å². The van der Waals surface area contributed by atoms with Gasteiger partial charge in [-0.2, -0.15) is 4.39 Å². The van der Waals surface area contributed by atoms with Gasteiger partial charge < -0.3 is 35.1 Å². The third-order valence-electron chi connectivity index (χ3n) is 4.35. The highest BCUT2D eigenvalue weighted by atomic mass is 19.2. The lowest BCUT2D eigenvalue weighted by atomic mass is 9.86. The molecule has 1 amide bonds. The SMILES string of the molecule is COC(=O)[C@]1(F)O[C@@H]([C@H](O)[C@H]2COC(C)(C)O2)[C@H](NC(C)=O)[C@@H](N)[C@H]1F. The summed E-state index contributed by atoms with van der Waals surface area (Å²) < 4.78 is 49.5. The van der Waals surface area contributed by atoms with Crippen molar-refractivity contribution in [1.29, 1.82) is 0 Å². The van der Waals surface area contributed by atoms with E-state index in [-0.39, 0.29) is 6.61 Å². The van der Waals surface area contributed by atoms with E-state index in [1.54, 1.807) is 13.8 Å². The van der Waals surface area contributed by atoms with Crippen LogP contribution in [0.2, 0.25) is 0 Å². The molecule has 2 aliphatic heterocycles. The van der Waals surface area contributed by atoms with E-state index >= 15 is 0 Å². The second-order valence-corrected chi connectivity index (χ2v) is 6.78. The number of carbonyl (C=O) groups is 2. The molecule has 0 radical (unpaired) electrons. The van der Waals surface area contributed by atoms with Gasteiger partial charge in [0.1, 0.15) is 18.3 Å². The topological polar surface area (TPSA) is 129 Å². The summed E-state index contributed by atoms with van der Waals surface area (Å²) in [5.74, 6) is -6.79. The number of aliphatic hydroxyl groups excluding tert-OH is 1. The molecule has 0 aliphatic carbocycles. The lowest BCUT2D eigenvalue weighted by molar-refractivity contribution is -0.278. The van der Waals surface area contributed by atoms with Gasteiger partial charge in [0, 0.05) is 6.92 Å². The number of halogens is 2. The zero-order chi connectivity index (χ0) is 19.9. The van der Waals surface area contributed by atoms with Gasteiger partial charge >= 0.3 is 11.8 Å². The van der Waals surface area contributed by atoms with Crippen LogP contribution in [0.4, 0.5) is 8.78 Å². The summed E-state index contributed by atoms with van der Waals surface area (Å²) in [5.41, 5.74) is 5.72. The summed E-state index contributed by atoms with van der Waals surface area (Å²) in [7, 11) is 0.854. The Hall–Kier alpha value is -1.40. The molecule has 0 unspecified atom stereocenters. The van der Waals surface area contributed by atoms with Gasteiger partial charge in [-0.15, -0.1) is 0 Å². The van der Waals surface area contributed by atoms with E-state index < -0.39 is 60.1 Å². The summed E-state index contributed by atoms with van der Waals surface area (Å²) >= 11 is 0. The maximum absolute atomic E-state index is 14.9. The number of amides is 1. The molecule has 2 fully saturated rings. The van der Waals surface area contributed by atoms with Crippen molar-refractivity contribution in [2.24, 2.45) is 5.73 Å². The highest BCUT2D eigenvalue weighted by molar-refractivity contribution is 5.79. The Morgan fingerprint density at radius 2 is 2.00 bits per heavy atom. The van der Waals surface area contributed by atoms with Gasteiger partial charge in [0.25, 0.3) is 0 Å². The molecule has 0 aromatic carbocycles. The number of nitrogens with two attached hydrogens (primary N) is 1. The molecule has 0 bridgehead atoms. The number of alkyl halides is 2. The molecule has 150 valence electrons.